The van der Waals surface area contributed by atoms with Gasteiger partial charge in [0.15, 0.2) is 0 Å². The highest BCUT2D eigenvalue weighted by Gasteiger charge is 2.42. The average molecular weight is 297 g/mol. The molecule has 2 aliphatic heterocycles. The highest BCUT2D eigenvalue weighted by Crippen LogP contribution is 2.40. The maximum Gasteiger partial charge on any atom is 0.0791 e. The molecule has 1 aromatic rings. The molecular formula is C14H19NO2S2. The second-order valence-electron chi connectivity index (χ2n) is 5.32. The smallest absolute Gasteiger partial charge is 0.0791 e. The molecule has 0 radical (unpaired) electrons. The van der Waals surface area contributed by atoms with Gasteiger partial charge in [0.05, 0.1) is 16.4 Å². The quantitative estimate of drug-likeness (QED) is 0.852. The van der Waals surface area contributed by atoms with Crippen LogP contribution in [0.25, 0.3) is 0 Å². The van der Waals surface area contributed by atoms with Gasteiger partial charge in [0.1, 0.15) is 0 Å². The van der Waals surface area contributed by atoms with Gasteiger partial charge in [0.25, 0.3) is 0 Å². The fourth-order valence-corrected chi connectivity index (χ4v) is 5.76. The van der Waals surface area contributed by atoms with Gasteiger partial charge < -0.3 is 10.5 Å². The maximum absolute atomic E-state index is 12.7. The van der Waals surface area contributed by atoms with Crippen LogP contribution in [0.1, 0.15) is 19.3 Å². The van der Waals surface area contributed by atoms with Crippen molar-refractivity contribution in [2.24, 2.45) is 0 Å². The predicted molar refractivity (Wildman–Crippen MR) is 80.9 cm³/mol. The first-order valence-electron chi connectivity index (χ1n) is 6.66. The van der Waals surface area contributed by atoms with Crippen LogP contribution in [0.4, 0.5) is 5.69 Å². The Morgan fingerprint density at radius 2 is 2.16 bits per heavy atom. The second-order valence-corrected chi connectivity index (χ2v) is 8.15. The number of benzene rings is 1. The van der Waals surface area contributed by atoms with Gasteiger partial charge in [-0.1, -0.05) is 0 Å². The van der Waals surface area contributed by atoms with Gasteiger partial charge in [-0.2, -0.15) is 11.8 Å². The zero-order valence-electron chi connectivity index (χ0n) is 10.8. The Morgan fingerprint density at radius 1 is 1.37 bits per heavy atom. The van der Waals surface area contributed by atoms with Crippen LogP contribution in [-0.4, -0.2) is 33.2 Å². The van der Waals surface area contributed by atoms with E-state index in [4.69, 9.17) is 10.5 Å². The van der Waals surface area contributed by atoms with E-state index in [9.17, 15) is 4.21 Å². The number of hydrogen-bond donors (Lipinski definition) is 1. The third kappa shape index (κ3) is 2.83. The van der Waals surface area contributed by atoms with E-state index in [1.54, 1.807) is 0 Å². The lowest BCUT2D eigenvalue weighted by atomic mass is 9.93. The van der Waals surface area contributed by atoms with E-state index in [1.165, 1.54) is 5.75 Å². The third-order valence-electron chi connectivity index (χ3n) is 3.93. The summed E-state index contributed by atoms with van der Waals surface area (Å²) in [6, 6.07) is 7.43. The highest BCUT2D eigenvalue weighted by molar-refractivity contribution is 7.99. The number of nitrogens with two attached hydrogens (primary N) is 1. The summed E-state index contributed by atoms with van der Waals surface area (Å²) in [4.78, 5) is 0.891. The van der Waals surface area contributed by atoms with Crippen molar-refractivity contribution in [3.63, 3.8) is 0 Å². The van der Waals surface area contributed by atoms with Crippen LogP contribution in [0.15, 0.2) is 29.2 Å². The fourth-order valence-electron chi connectivity index (χ4n) is 2.82. The standard InChI is InChI=1S/C14H19NO2S2/c15-11-1-3-12(4-2-11)19(16)13-5-7-17-14(9-13)6-8-18-10-14/h1-4,13H,5-10,15H2. The van der Waals surface area contributed by atoms with Gasteiger partial charge in [-0.05, 0) is 49.3 Å². The molecule has 5 heteroatoms. The maximum atomic E-state index is 12.7. The molecule has 3 unspecified atom stereocenters. The van der Waals surface area contributed by atoms with Gasteiger partial charge in [0.2, 0.25) is 0 Å². The minimum Gasteiger partial charge on any atom is -0.399 e. The van der Waals surface area contributed by atoms with Crippen LogP contribution in [0.5, 0.6) is 0 Å². The first-order valence-corrected chi connectivity index (χ1v) is 9.03. The molecule has 0 aliphatic carbocycles. The molecule has 0 saturated carbocycles. The molecule has 1 spiro atoms. The predicted octanol–water partition coefficient (Wildman–Crippen LogP) is 2.43. The molecule has 0 aromatic heterocycles. The van der Waals surface area contributed by atoms with Crippen molar-refractivity contribution in [3.05, 3.63) is 24.3 Å². The summed E-state index contributed by atoms with van der Waals surface area (Å²) in [6.45, 7) is 0.742. The van der Waals surface area contributed by atoms with Crippen LogP contribution in [-0.2, 0) is 15.5 Å². The summed E-state index contributed by atoms with van der Waals surface area (Å²) in [5, 5.41) is 0.219. The first kappa shape index (κ1) is 13.5. The summed E-state index contributed by atoms with van der Waals surface area (Å²) < 4.78 is 18.6. The Hall–Kier alpha value is -0.520. The summed E-state index contributed by atoms with van der Waals surface area (Å²) in [7, 11) is -0.945. The topological polar surface area (TPSA) is 52.3 Å². The first-order chi connectivity index (χ1) is 9.19. The SMILES string of the molecule is Nc1ccc(S(=O)C2CCOC3(CCSC3)C2)cc1. The lowest BCUT2D eigenvalue weighted by Crippen LogP contribution is -2.43. The van der Waals surface area contributed by atoms with Crippen LogP contribution >= 0.6 is 11.8 Å². The third-order valence-corrected chi connectivity index (χ3v) is 6.90. The van der Waals surface area contributed by atoms with Gasteiger partial charge in [-0.3, -0.25) is 4.21 Å². The van der Waals surface area contributed by atoms with Crippen molar-refractivity contribution in [1.82, 2.24) is 0 Å². The molecule has 3 rings (SSSR count). The molecule has 2 fully saturated rings. The van der Waals surface area contributed by atoms with Crippen LogP contribution in [0.3, 0.4) is 0 Å². The largest absolute Gasteiger partial charge is 0.399 e. The molecule has 3 nitrogen and oxygen atoms in total. The van der Waals surface area contributed by atoms with E-state index in [0.717, 1.165) is 42.2 Å². The molecule has 104 valence electrons. The van der Waals surface area contributed by atoms with Gasteiger partial charge in [0, 0.05) is 28.2 Å². The minimum atomic E-state index is -0.945. The van der Waals surface area contributed by atoms with Gasteiger partial charge in [-0.25, -0.2) is 0 Å². The summed E-state index contributed by atoms with van der Waals surface area (Å²) >= 11 is 1.95. The van der Waals surface area contributed by atoms with Crippen molar-refractivity contribution in [2.45, 2.75) is 35.0 Å². The monoisotopic (exact) mass is 297 g/mol. The molecule has 1 aromatic carbocycles. The van der Waals surface area contributed by atoms with Crippen molar-refractivity contribution < 1.29 is 8.95 Å². The Bertz CT molecular complexity index is 469. The molecule has 0 bridgehead atoms. The molecule has 0 amide bonds. The number of anilines is 1. The summed E-state index contributed by atoms with van der Waals surface area (Å²) in [6.07, 6.45) is 2.92. The van der Waals surface area contributed by atoms with Gasteiger partial charge >= 0.3 is 0 Å². The zero-order chi connectivity index (χ0) is 13.3. The number of nitrogen functional groups attached to an aromatic ring is 1. The van der Waals surface area contributed by atoms with Gasteiger partial charge in [-0.15, -0.1) is 0 Å². The van der Waals surface area contributed by atoms with E-state index < -0.39 is 10.8 Å². The number of ether oxygens (including phenoxy) is 1. The fraction of sp³-hybridized carbons (Fsp3) is 0.571. The Labute approximate surface area is 120 Å². The number of hydrogen-bond acceptors (Lipinski definition) is 4. The van der Waals surface area contributed by atoms with Crippen LogP contribution < -0.4 is 5.73 Å². The van der Waals surface area contributed by atoms with Crippen molar-refractivity contribution in [3.8, 4) is 0 Å². The van der Waals surface area contributed by atoms with E-state index in [2.05, 4.69) is 0 Å². The summed E-state index contributed by atoms with van der Waals surface area (Å²) in [5.74, 6) is 2.23. The molecule has 2 saturated heterocycles. The minimum absolute atomic E-state index is 0.00293. The van der Waals surface area contributed by atoms with Crippen molar-refractivity contribution in [1.29, 1.82) is 0 Å². The Kier molecular flexibility index (Phi) is 3.87. The molecular weight excluding hydrogens is 278 g/mol. The molecule has 2 heterocycles. The number of rotatable bonds is 2. The van der Waals surface area contributed by atoms with Crippen molar-refractivity contribution in [2.75, 3.05) is 23.8 Å². The van der Waals surface area contributed by atoms with E-state index in [1.807, 2.05) is 36.0 Å². The average Bonchev–Trinajstić information content (AvgIpc) is 2.87. The second kappa shape index (κ2) is 5.46. The molecule has 3 atom stereocenters. The molecule has 19 heavy (non-hydrogen) atoms. The number of thioether (sulfide) groups is 1. The van der Waals surface area contributed by atoms with E-state index in [0.29, 0.717) is 0 Å². The lowest BCUT2D eigenvalue weighted by Gasteiger charge is -2.37. The molecule has 2 aliphatic rings. The zero-order valence-corrected chi connectivity index (χ0v) is 12.5. The lowest BCUT2D eigenvalue weighted by molar-refractivity contribution is -0.0567. The van der Waals surface area contributed by atoms with Crippen LogP contribution in [0.2, 0.25) is 0 Å². The van der Waals surface area contributed by atoms with E-state index >= 15 is 0 Å². The highest BCUT2D eigenvalue weighted by atomic mass is 32.2. The van der Waals surface area contributed by atoms with Crippen molar-refractivity contribution >= 4 is 28.2 Å². The van der Waals surface area contributed by atoms with Crippen LogP contribution in [0, 0.1) is 0 Å². The Morgan fingerprint density at radius 3 is 2.84 bits per heavy atom. The molecule has 2 N–H and O–H groups in total. The normalized spacial score (nSPS) is 32.5. The Balaban J connectivity index is 1.74. The van der Waals surface area contributed by atoms with E-state index in [-0.39, 0.29) is 10.9 Å². The summed E-state index contributed by atoms with van der Waals surface area (Å²) in [5.41, 5.74) is 6.39.